The summed E-state index contributed by atoms with van der Waals surface area (Å²) in [5, 5.41) is 0. The van der Waals surface area contributed by atoms with Gasteiger partial charge in [0, 0.05) is 24.8 Å². The SMILES string of the molecule is CC(C)N1CCC(N)C1c1ccccn1. The molecule has 0 aromatic carbocycles. The van der Waals surface area contributed by atoms with Gasteiger partial charge in [-0.15, -0.1) is 0 Å². The van der Waals surface area contributed by atoms with Crippen LogP contribution in [0.3, 0.4) is 0 Å². The van der Waals surface area contributed by atoms with Crippen LogP contribution < -0.4 is 5.73 Å². The van der Waals surface area contributed by atoms with Crippen molar-refractivity contribution in [1.82, 2.24) is 9.88 Å². The summed E-state index contributed by atoms with van der Waals surface area (Å²) < 4.78 is 0. The molecule has 2 heterocycles. The highest BCUT2D eigenvalue weighted by Gasteiger charge is 2.34. The van der Waals surface area contributed by atoms with Gasteiger partial charge in [-0.1, -0.05) is 6.07 Å². The Morgan fingerprint density at radius 1 is 1.47 bits per heavy atom. The molecule has 0 saturated carbocycles. The molecular weight excluding hydrogens is 186 g/mol. The molecule has 2 unspecified atom stereocenters. The minimum Gasteiger partial charge on any atom is -0.326 e. The smallest absolute Gasteiger partial charge is 0.0676 e. The molecule has 1 aliphatic rings. The van der Waals surface area contributed by atoms with Gasteiger partial charge in [0.1, 0.15) is 0 Å². The van der Waals surface area contributed by atoms with Crippen LogP contribution in [0.1, 0.15) is 32.0 Å². The number of hydrogen-bond donors (Lipinski definition) is 1. The molecule has 2 atom stereocenters. The maximum Gasteiger partial charge on any atom is 0.0676 e. The molecule has 0 spiro atoms. The van der Waals surface area contributed by atoms with Crippen molar-refractivity contribution in [3.63, 3.8) is 0 Å². The van der Waals surface area contributed by atoms with Crippen molar-refractivity contribution in [3.05, 3.63) is 30.1 Å². The first-order chi connectivity index (χ1) is 7.20. The molecule has 0 aliphatic carbocycles. The van der Waals surface area contributed by atoms with Crippen molar-refractivity contribution >= 4 is 0 Å². The molecule has 0 bridgehead atoms. The van der Waals surface area contributed by atoms with E-state index in [0.29, 0.717) is 12.1 Å². The van der Waals surface area contributed by atoms with E-state index in [1.54, 1.807) is 0 Å². The van der Waals surface area contributed by atoms with Crippen molar-refractivity contribution in [2.75, 3.05) is 6.54 Å². The van der Waals surface area contributed by atoms with Gasteiger partial charge >= 0.3 is 0 Å². The van der Waals surface area contributed by atoms with Crippen LogP contribution in [0.25, 0.3) is 0 Å². The van der Waals surface area contributed by atoms with Crippen LogP contribution in [0, 0.1) is 0 Å². The van der Waals surface area contributed by atoms with Crippen molar-refractivity contribution < 1.29 is 0 Å². The van der Waals surface area contributed by atoms with Crippen LogP contribution in [0.15, 0.2) is 24.4 Å². The molecule has 1 aliphatic heterocycles. The van der Waals surface area contributed by atoms with Gasteiger partial charge in [-0.05, 0) is 32.4 Å². The Labute approximate surface area is 91.3 Å². The second kappa shape index (κ2) is 4.29. The van der Waals surface area contributed by atoms with Crippen molar-refractivity contribution in [3.8, 4) is 0 Å². The van der Waals surface area contributed by atoms with Crippen LogP contribution in [0.4, 0.5) is 0 Å². The summed E-state index contributed by atoms with van der Waals surface area (Å²) >= 11 is 0. The summed E-state index contributed by atoms with van der Waals surface area (Å²) in [5.41, 5.74) is 7.27. The Balaban J connectivity index is 2.25. The highest BCUT2D eigenvalue weighted by molar-refractivity contribution is 5.13. The van der Waals surface area contributed by atoms with Gasteiger partial charge in [0.2, 0.25) is 0 Å². The summed E-state index contributed by atoms with van der Waals surface area (Å²) in [5.74, 6) is 0. The summed E-state index contributed by atoms with van der Waals surface area (Å²) in [7, 11) is 0. The van der Waals surface area contributed by atoms with Crippen LogP contribution in [0.5, 0.6) is 0 Å². The van der Waals surface area contributed by atoms with Crippen LogP contribution in [-0.2, 0) is 0 Å². The molecule has 82 valence electrons. The molecule has 0 amide bonds. The Kier molecular flexibility index (Phi) is 3.03. The highest BCUT2D eigenvalue weighted by Crippen LogP contribution is 2.31. The third kappa shape index (κ3) is 2.03. The molecule has 0 radical (unpaired) electrons. The van der Waals surface area contributed by atoms with Crippen LogP contribution in [0.2, 0.25) is 0 Å². The number of nitrogens with zero attached hydrogens (tertiary/aromatic N) is 2. The van der Waals surface area contributed by atoms with Gasteiger partial charge in [0.05, 0.1) is 11.7 Å². The number of nitrogens with two attached hydrogens (primary N) is 1. The summed E-state index contributed by atoms with van der Waals surface area (Å²) in [4.78, 5) is 6.86. The van der Waals surface area contributed by atoms with E-state index in [0.717, 1.165) is 18.7 Å². The molecule has 3 heteroatoms. The van der Waals surface area contributed by atoms with E-state index in [1.165, 1.54) is 0 Å². The fourth-order valence-corrected chi connectivity index (χ4v) is 2.36. The Morgan fingerprint density at radius 3 is 2.87 bits per heavy atom. The predicted octanol–water partition coefficient (Wildman–Crippen LogP) is 1.56. The highest BCUT2D eigenvalue weighted by atomic mass is 15.2. The minimum atomic E-state index is 0.224. The molecule has 3 nitrogen and oxygen atoms in total. The Hall–Kier alpha value is -0.930. The van der Waals surface area contributed by atoms with Crippen molar-refractivity contribution in [2.24, 2.45) is 5.73 Å². The lowest BCUT2D eigenvalue weighted by molar-refractivity contribution is 0.195. The zero-order valence-corrected chi connectivity index (χ0v) is 9.43. The molecule has 2 rings (SSSR count). The number of likely N-dealkylation sites (tertiary alicyclic amines) is 1. The minimum absolute atomic E-state index is 0.224. The third-order valence-electron chi connectivity index (χ3n) is 3.14. The van der Waals surface area contributed by atoms with Crippen molar-refractivity contribution in [2.45, 2.75) is 38.4 Å². The van der Waals surface area contributed by atoms with Crippen LogP contribution in [-0.4, -0.2) is 28.5 Å². The number of pyridine rings is 1. The molecule has 1 aromatic rings. The molecule has 1 aromatic heterocycles. The molecule has 1 saturated heterocycles. The van der Waals surface area contributed by atoms with E-state index >= 15 is 0 Å². The van der Waals surface area contributed by atoms with Gasteiger partial charge in [0.25, 0.3) is 0 Å². The largest absolute Gasteiger partial charge is 0.326 e. The van der Waals surface area contributed by atoms with E-state index in [4.69, 9.17) is 5.73 Å². The van der Waals surface area contributed by atoms with Crippen LogP contribution >= 0.6 is 0 Å². The first-order valence-electron chi connectivity index (χ1n) is 5.62. The first-order valence-corrected chi connectivity index (χ1v) is 5.62. The van der Waals surface area contributed by atoms with E-state index in [-0.39, 0.29) is 6.04 Å². The second-order valence-electron chi connectivity index (χ2n) is 4.48. The monoisotopic (exact) mass is 205 g/mol. The maximum atomic E-state index is 6.16. The first kappa shape index (κ1) is 10.6. The lowest BCUT2D eigenvalue weighted by Gasteiger charge is -2.29. The van der Waals surface area contributed by atoms with Gasteiger partial charge in [-0.25, -0.2) is 0 Å². The average molecular weight is 205 g/mol. The predicted molar refractivity (Wildman–Crippen MR) is 61.4 cm³/mol. The second-order valence-corrected chi connectivity index (χ2v) is 4.48. The molecule has 15 heavy (non-hydrogen) atoms. The zero-order valence-electron chi connectivity index (χ0n) is 9.43. The van der Waals surface area contributed by atoms with E-state index in [9.17, 15) is 0 Å². The van der Waals surface area contributed by atoms with Gasteiger partial charge in [0.15, 0.2) is 0 Å². The quantitative estimate of drug-likeness (QED) is 0.796. The summed E-state index contributed by atoms with van der Waals surface area (Å²) in [6.45, 7) is 5.52. The summed E-state index contributed by atoms with van der Waals surface area (Å²) in [6, 6.07) is 7.11. The topological polar surface area (TPSA) is 42.1 Å². The number of aromatic nitrogens is 1. The number of rotatable bonds is 2. The van der Waals surface area contributed by atoms with Crippen molar-refractivity contribution in [1.29, 1.82) is 0 Å². The average Bonchev–Trinajstić information content (AvgIpc) is 2.61. The fourth-order valence-electron chi connectivity index (χ4n) is 2.36. The fraction of sp³-hybridized carbons (Fsp3) is 0.583. The lowest BCUT2D eigenvalue weighted by atomic mass is 10.1. The normalized spacial score (nSPS) is 27.5. The number of hydrogen-bond acceptors (Lipinski definition) is 3. The van der Waals surface area contributed by atoms with E-state index < -0.39 is 0 Å². The molecule has 1 fully saturated rings. The Bertz CT molecular complexity index is 310. The molecule has 2 N–H and O–H groups in total. The third-order valence-corrected chi connectivity index (χ3v) is 3.14. The zero-order chi connectivity index (χ0) is 10.8. The van der Waals surface area contributed by atoms with E-state index in [2.05, 4.69) is 29.8 Å². The van der Waals surface area contributed by atoms with Gasteiger partial charge in [-0.2, -0.15) is 0 Å². The van der Waals surface area contributed by atoms with Gasteiger partial charge < -0.3 is 5.73 Å². The van der Waals surface area contributed by atoms with Gasteiger partial charge in [-0.3, -0.25) is 9.88 Å². The standard InChI is InChI=1S/C12H19N3/c1-9(2)15-8-6-10(13)12(15)11-5-3-4-7-14-11/h3-5,7,9-10,12H,6,8,13H2,1-2H3. The van der Waals surface area contributed by atoms with E-state index in [1.807, 2.05) is 18.3 Å². The maximum absolute atomic E-state index is 6.16. The lowest BCUT2D eigenvalue weighted by Crippen LogP contribution is -2.36. The molecular formula is C12H19N3. The summed E-state index contributed by atoms with van der Waals surface area (Å²) in [6.07, 6.45) is 2.91. The Morgan fingerprint density at radius 2 is 2.27 bits per heavy atom.